The molecule has 0 amide bonds. The molecule has 2 N–H and O–H groups in total. The van der Waals surface area contributed by atoms with Crippen LogP contribution in [0.2, 0.25) is 5.02 Å². The lowest BCUT2D eigenvalue weighted by Crippen LogP contribution is -3.00. The van der Waals surface area contributed by atoms with Gasteiger partial charge >= 0.3 is 0 Å². The minimum Gasteiger partial charge on any atom is -1.00 e. The van der Waals surface area contributed by atoms with E-state index in [1.165, 1.54) is 0 Å². The number of nitrogens with one attached hydrogen (secondary N) is 1. The summed E-state index contributed by atoms with van der Waals surface area (Å²) in [6.07, 6.45) is -0.578. The molecule has 0 radical (unpaired) electrons. The summed E-state index contributed by atoms with van der Waals surface area (Å²) in [7, 11) is 1.59. The van der Waals surface area contributed by atoms with Gasteiger partial charge in [0.15, 0.2) is 11.5 Å². The van der Waals surface area contributed by atoms with Gasteiger partial charge in [-0.3, -0.25) is 0 Å². The third kappa shape index (κ3) is 5.79. The van der Waals surface area contributed by atoms with Crippen molar-refractivity contribution in [2.75, 3.05) is 13.7 Å². The van der Waals surface area contributed by atoms with Crippen molar-refractivity contribution < 1.29 is 27.0 Å². The molecule has 2 aromatic rings. The lowest BCUT2D eigenvalue weighted by Gasteiger charge is -2.21. The number of rotatable bonds is 8. The number of hydrogen-bond acceptors (Lipinski definition) is 4. The van der Waals surface area contributed by atoms with Crippen LogP contribution in [0.25, 0.3) is 0 Å². The molecule has 2 unspecified atom stereocenters. The third-order valence-electron chi connectivity index (χ3n) is 3.82. The standard InChI is InChI=1S/C19H24ClNO3.ClH/c1-4-24-19-16(20)10-14(11-17(19)23-3)12-21-13(2)18(22)15-8-6-5-7-9-15;/h5-11,13,18,21-22H,4,12H2,1-3H3;1H/p-1. The summed E-state index contributed by atoms with van der Waals surface area (Å²) in [5.74, 6) is 1.17. The van der Waals surface area contributed by atoms with Crippen molar-refractivity contribution >= 4 is 11.6 Å². The molecule has 0 heterocycles. The lowest BCUT2D eigenvalue weighted by molar-refractivity contribution is -0.00000708. The molecule has 2 atom stereocenters. The van der Waals surface area contributed by atoms with E-state index in [0.29, 0.717) is 29.7 Å². The molecular weight excluding hydrogens is 361 g/mol. The van der Waals surface area contributed by atoms with Crippen LogP contribution < -0.4 is 27.2 Å². The van der Waals surface area contributed by atoms with Crippen molar-refractivity contribution in [1.29, 1.82) is 0 Å². The smallest absolute Gasteiger partial charge is 0.179 e. The van der Waals surface area contributed by atoms with Gasteiger partial charge in [0.05, 0.1) is 24.8 Å². The highest BCUT2D eigenvalue weighted by atomic mass is 35.5. The van der Waals surface area contributed by atoms with E-state index in [4.69, 9.17) is 21.1 Å². The molecule has 0 fully saturated rings. The molecule has 25 heavy (non-hydrogen) atoms. The average molecular weight is 385 g/mol. The van der Waals surface area contributed by atoms with Crippen molar-refractivity contribution in [3.05, 3.63) is 58.6 Å². The Kier molecular flexibility index (Phi) is 9.08. The van der Waals surface area contributed by atoms with Crippen LogP contribution in [-0.4, -0.2) is 24.9 Å². The van der Waals surface area contributed by atoms with E-state index in [0.717, 1.165) is 11.1 Å². The molecule has 0 saturated heterocycles. The summed E-state index contributed by atoms with van der Waals surface area (Å²) in [5, 5.41) is 14.2. The predicted octanol–water partition coefficient (Wildman–Crippen LogP) is 0.963. The van der Waals surface area contributed by atoms with E-state index in [1.54, 1.807) is 7.11 Å². The summed E-state index contributed by atoms with van der Waals surface area (Å²) in [4.78, 5) is 0. The first-order chi connectivity index (χ1) is 11.6. The first-order valence-corrected chi connectivity index (χ1v) is 8.40. The Hall–Kier alpha value is -1.46. The quantitative estimate of drug-likeness (QED) is 0.711. The Labute approximate surface area is 160 Å². The van der Waals surface area contributed by atoms with Crippen molar-refractivity contribution in [2.24, 2.45) is 0 Å². The van der Waals surface area contributed by atoms with Crippen LogP contribution in [-0.2, 0) is 6.54 Å². The summed E-state index contributed by atoms with van der Waals surface area (Å²) in [5.41, 5.74) is 1.85. The summed E-state index contributed by atoms with van der Waals surface area (Å²) in [6, 6.07) is 13.2. The second-order valence-electron chi connectivity index (χ2n) is 5.57. The lowest BCUT2D eigenvalue weighted by atomic mass is 10.0. The van der Waals surface area contributed by atoms with Crippen molar-refractivity contribution in [3.63, 3.8) is 0 Å². The van der Waals surface area contributed by atoms with Crippen molar-refractivity contribution in [1.82, 2.24) is 5.32 Å². The fraction of sp³-hybridized carbons (Fsp3) is 0.368. The molecule has 0 aromatic heterocycles. The molecule has 0 aliphatic rings. The first-order valence-electron chi connectivity index (χ1n) is 8.02. The van der Waals surface area contributed by atoms with Crippen molar-refractivity contribution in [3.8, 4) is 11.5 Å². The molecule has 2 rings (SSSR count). The fourth-order valence-electron chi connectivity index (χ4n) is 2.49. The van der Waals surface area contributed by atoms with Crippen LogP contribution in [0.15, 0.2) is 42.5 Å². The Morgan fingerprint density at radius 3 is 2.48 bits per heavy atom. The number of aliphatic hydroxyl groups excluding tert-OH is 1. The second kappa shape index (κ2) is 10.5. The minimum atomic E-state index is -0.578. The van der Waals surface area contributed by atoms with E-state index in [-0.39, 0.29) is 18.4 Å². The highest BCUT2D eigenvalue weighted by molar-refractivity contribution is 6.32. The fourth-order valence-corrected chi connectivity index (χ4v) is 2.78. The van der Waals surface area contributed by atoms with Crippen LogP contribution in [0.1, 0.15) is 31.1 Å². The minimum absolute atomic E-state index is 0. The second-order valence-corrected chi connectivity index (χ2v) is 5.97. The number of halogens is 2. The zero-order chi connectivity index (χ0) is 17.5. The molecule has 0 saturated carbocycles. The monoisotopic (exact) mass is 384 g/mol. The maximum Gasteiger partial charge on any atom is 0.179 e. The summed E-state index contributed by atoms with van der Waals surface area (Å²) < 4.78 is 10.9. The average Bonchev–Trinajstić information content (AvgIpc) is 2.61. The van der Waals surface area contributed by atoms with Gasteiger partial charge in [0.1, 0.15) is 0 Å². The molecule has 4 nitrogen and oxygen atoms in total. The van der Waals surface area contributed by atoms with Crippen LogP contribution in [0.5, 0.6) is 11.5 Å². The van der Waals surface area contributed by atoms with Gasteiger partial charge in [0.25, 0.3) is 0 Å². The van der Waals surface area contributed by atoms with E-state index in [1.807, 2.05) is 56.3 Å². The van der Waals surface area contributed by atoms with Gasteiger partial charge in [-0.05, 0) is 37.1 Å². The Balaban J connectivity index is 0.00000312. The van der Waals surface area contributed by atoms with Crippen LogP contribution in [0, 0.1) is 0 Å². The largest absolute Gasteiger partial charge is 1.00 e. The Bertz CT molecular complexity index is 653. The maximum absolute atomic E-state index is 10.4. The zero-order valence-electron chi connectivity index (χ0n) is 14.6. The third-order valence-corrected chi connectivity index (χ3v) is 4.10. The van der Waals surface area contributed by atoms with E-state index >= 15 is 0 Å². The van der Waals surface area contributed by atoms with Gasteiger partial charge in [0, 0.05) is 12.6 Å². The normalized spacial score (nSPS) is 12.8. The van der Waals surface area contributed by atoms with Gasteiger partial charge in [0.2, 0.25) is 0 Å². The predicted molar refractivity (Wildman–Crippen MR) is 96.9 cm³/mol. The van der Waals surface area contributed by atoms with E-state index < -0.39 is 6.10 Å². The zero-order valence-corrected chi connectivity index (χ0v) is 16.1. The Morgan fingerprint density at radius 1 is 1.20 bits per heavy atom. The number of benzene rings is 2. The van der Waals surface area contributed by atoms with Gasteiger partial charge < -0.3 is 32.3 Å². The number of methoxy groups -OCH3 is 1. The Morgan fingerprint density at radius 2 is 1.88 bits per heavy atom. The molecule has 0 bridgehead atoms. The van der Waals surface area contributed by atoms with E-state index in [2.05, 4.69) is 5.32 Å². The number of ether oxygens (including phenoxy) is 2. The van der Waals surface area contributed by atoms with Gasteiger partial charge in [-0.2, -0.15) is 0 Å². The molecular formula is C19H24Cl2NO3-. The molecule has 0 spiro atoms. The van der Waals surface area contributed by atoms with Gasteiger partial charge in [-0.15, -0.1) is 0 Å². The summed E-state index contributed by atoms with van der Waals surface area (Å²) in [6.45, 7) is 4.93. The topological polar surface area (TPSA) is 50.7 Å². The first kappa shape index (κ1) is 21.6. The highest BCUT2D eigenvalue weighted by Gasteiger charge is 2.17. The van der Waals surface area contributed by atoms with Gasteiger partial charge in [-0.25, -0.2) is 0 Å². The molecule has 6 heteroatoms. The van der Waals surface area contributed by atoms with Crippen LogP contribution in [0.4, 0.5) is 0 Å². The molecule has 2 aromatic carbocycles. The number of hydrogen-bond donors (Lipinski definition) is 2. The van der Waals surface area contributed by atoms with Gasteiger partial charge in [-0.1, -0.05) is 41.9 Å². The van der Waals surface area contributed by atoms with Crippen LogP contribution in [0.3, 0.4) is 0 Å². The van der Waals surface area contributed by atoms with E-state index in [9.17, 15) is 5.11 Å². The molecule has 138 valence electrons. The summed E-state index contributed by atoms with van der Waals surface area (Å²) >= 11 is 6.28. The van der Waals surface area contributed by atoms with Crippen LogP contribution >= 0.6 is 11.6 Å². The highest BCUT2D eigenvalue weighted by Crippen LogP contribution is 2.36. The SMILES string of the molecule is CCOc1c(Cl)cc(CNC(C)C(O)c2ccccc2)cc1OC.[Cl-]. The molecule has 0 aliphatic carbocycles. The maximum atomic E-state index is 10.4. The van der Waals surface area contributed by atoms with Crippen molar-refractivity contribution in [2.45, 2.75) is 32.5 Å². The number of aliphatic hydroxyl groups is 1. The molecule has 0 aliphatic heterocycles.